The molecule has 0 aliphatic heterocycles. The number of rotatable bonds is 3. The lowest BCUT2D eigenvalue weighted by Crippen LogP contribution is -2.15. The third-order valence-corrected chi connectivity index (χ3v) is 4.01. The van der Waals surface area contributed by atoms with E-state index in [9.17, 15) is 4.79 Å². The van der Waals surface area contributed by atoms with Gasteiger partial charge in [-0.1, -0.05) is 0 Å². The van der Waals surface area contributed by atoms with Crippen molar-refractivity contribution in [2.45, 2.75) is 6.92 Å². The molecule has 0 bridgehead atoms. The number of aromatic carboxylic acids is 1. The minimum atomic E-state index is -1.05. The molecule has 5 nitrogen and oxygen atoms in total. The Bertz CT molecular complexity index is 600. The summed E-state index contributed by atoms with van der Waals surface area (Å²) in [7, 11) is 1.80. The van der Waals surface area contributed by atoms with Crippen molar-refractivity contribution in [2.24, 2.45) is 0 Å². The van der Waals surface area contributed by atoms with Gasteiger partial charge >= 0.3 is 5.97 Å². The van der Waals surface area contributed by atoms with E-state index in [1.165, 1.54) is 17.4 Å². The van der Waals surface area contributed by atoms with E-state index in [-0.39, 0.29) is 5.69 Å². The Hall–Kier alpha value is -1.47. The third kappa shape index (κ3) is 2.68. The standard InChI is InChI=1S/C11H10BrN3O2S/c1-6-3-8(10(16)17)14-11(13-6)15(2)9-4-7(12)5-18-9/h3-5H,1-2H3,(H,16,17). The number of aromatic nitrogens is 2. The molecule has 0 saturated heterocycles. The molecule has 0 fully saturated rings. The van der Waals surface area contributed by atoms with Crippen molar-refractivity contribution in [3.63, 3.8) is 0 Å². The number of anilines is 2. The lowest BCUT2D eigenvalue weighted by Gasteiger charge is -2.15. The molecule has 2 heterocycles. The van der Waals surface area contributed by atoms with Crippen LogP contribution in [0.5, 0.6) is 0 Å². The van der Waals surface area contributed by atoms with Crippen LogP contribution >= 0.6 is 27.3 Å². The summed E-state index contributed by atoms with van der Waals surface area (Å²) in [6, 6.07) is 3.38. The number of aryl methyl sites for hydroxylation is 1. The Morgan fingerprint density at radius 3 is 2.72 bits per heavy atom. The molecule has 18 heavy (non-hydrogen) atoms. The maximum atomic E-state index is 11.0. The Morgan fingerprint density at radius 2 is 2.17 bits per heavy atom. The smallest absolute Gasteiger partial charge is 0.354 e. The van der Waals surface area contributed by atoms with Gasteiger partial charge in [0, 0.05) is 22.6 Å². The van der Waals surface area contributed by atoms with Gasteiger partial charge in [-0.25, -0.2) is 14.8 Å². The van der Waals surface area contributed by atoms with E-state index < -0.39 is 5.97 Å². The Kier molecular flexibility index (Phi) is 3.63. The monoisotopic (exact) mass is 327 g/mol. The van der Waals surface area contributed by atoms with Crippen molar-refractivity contribution in [3.8, 4) is 0 Å². The summed E-state index contributed by atoms with van der Waals surface area (Å²) in [4.78, 5) is 21.0. The van der Waals surface area contributed by atoms with Crippen molar-refractivity contribution in [2.75, 3.05) is 11.9 Å². The van der Waals surface area contributed by atoms with E-state index in [4.69, 9.17) is 5.11 Å². The molecule has 2 aromatic heterocycles. The van der Waals surface area contributed by atoms with Gasteiger partial charge in [0.1, 0.15) is 0 Å². The van der Waals surface area contributed by atoms with Gasteiger partial charge in [0.25, 0.3) is 0 Å². The van der Waals surface area contributed by atoms with E-state index in [2.05, 4.69) is 25.9 Å². The van der Waals surface area contributed by atoms with Crippen LogP contribution in [0.25, 0.3) is 0 Å². The van der Waals surface area contributed by atoms with Crippen LogP contribution in [0.15, 0.2) is 22.0 Å². The summed E-state index contributed by atoms with van der Waals surface area (Å²) in [5, 5.41) is 11.9. The third-order valence-electron chi connectivity index (χ3n) is 2.25. The topological polar surface area (TPSA) is 66.3 Å². The van der Waals surface area contributed by atoms with Gasteiger partial charge in [-0.15, -0.1) is 11.3 Å². The molecule has 0 aliphatic carbocycles. The molecule has 0 atom stereocenters. The molecule has 0 aromatic carbocycles. The van der Waals surface area contributed by atoms with Gasteiger partial charge in [-0.05, 0) is 35.0 Å². The summed E-state index contributed by atoms with van der Waals surface area (Å²) >= 11 is 4.90. The lowest BCUT2D eigenvalue weighted by atomic mass is 10.3. The fourth-order valence-corrected chi connectivity index (χ4v) is 2.77. The van der Waals surface area contributed by atoms with E-state index in [0.717, 1.165) is 9.47 Å². The summed E-state index contributed by atoms with van der Waals surface area (Å²) in [6.07, 6.45) is 0. The molecule has 2 aromatic rings. The van der Waals surface area contributed by atoms with E-state index >= 15 is 0 Å². The van der Waals surface area contributed by atoms with Crippen LogP contribution in [0.3, 0.4) is 0 Å². The highest BCUT2D eigenvalue weighted by molar-refractivity contribution is 9.10. The molecular weight excluding hydrogens is 318 g/mol. The zero-order valence-electron chi connectivity index (χ0n) is 9.72. The van der Waals surface area contributed by atoms with Crippen molar-refractivity contribution in [3.05, 3.63) is 33.4 Å². The Labute approximate surface area is 116 Å². The Balaban J connectivity index is 2.41. The van der Waals surface area contributed by atoms with Crippen LogP contribution in [-0.4, -0.2) is 28.1 Å². The molecule has 0 spiro atoms. The zero-order valence-corrected chi connectivity index (χ0v) is 12.1. The molecule has 0 radical (unpaired) electrons. The number of halogens is 1. The molecule has 0 saturated carbocycles. The van der Waals surface area contributed by atoms with Gasteiger partial charge in [0.15, 0.2) is 5.69 Å². The maximum Gasteiger partial charge on any atom is 0.354 e. The van der Waals surface area contributed by atoms with Crippen molar-refractivity contribution < 1.29 is 9.90 Å². The van der Waals surface area contributed by atoms with Crippen molar-refractivity contribution >= 4 is 44.2 Å². The second-order valence-corrected chi connectivity index (χ2v) is 5.47. The molecule has 1 N–H and O–H groups in total. The summed E-state index contributed by atoms with van der Waals surface area (Å²) < 4.78 is 0.973. The molecular formula is C11H10BrN3O2S. The average molecular weight is 328 g/mol. The SMILES string of the molecule is Cc1cc(C(=O)O)nc(N(C)c2cc(Br)cs2)n1. The van der Waals surface area contributed by atoms with E-state index in [1.54, 1.807) is 18.9 Å². The van der Waals surface area contributed by atoms with Gasteiger partial charge in [-0.2, -0.15) is 0 Å². The lowest BCUT2D eigenvalue weighted by molar-refractivity contribution is 0.0690. The quantitative estimate of drug-likeness (QED) is 0.938. The molecule has 2 rings (SSSR count). The Morgan fingerprint density at radius 1 is 1.44 bits per heavy atom. The number of thiophene rings is 1. The predicted molar refractivity (Wildman–Crippen MR) is 73.8 cm³/mol. The summed E-state index contributed by atoms with van der Waals surface area (Å²) in [5.41, 5.74) is 0.625. The number of nitrogens with zero attached hydrogens (tertiary/aromatic N) is 3. The van der Waals surface area contributed by atoms with Crippen LogP contribution in [0.1, 0.15) is 16.2 Å². The first-order valence-electron chi connectivity index (χ1n) is 5.04. The van der Waals surface area contributed by atoms with Crippen LogP contribution in [-0.2, 0) is 0 Å². The highest BCUT2D eigenvalue weighted by Crippen LogP contribution is 2.30. The van der Waals surface area contributed by atoms with Crippen LogP contribution < -0.4 is 4.90 Å². The highest BCUT2D eigenvalue weighted by atomic mass is 79.9. The van der Waals surface area contributed by atoms with E-state index in [1.807, 2.05) is 11.4 Å². The molecule has 0 amide bonds. The number of hydrogen-bond donors (Lipinski definition) is 1. The molecule has 0 unspecified atom stereocenters. The summed E-state index contributed by atoms with van der Waals surface area (Å²) in [6.45, 7) is 1.75. The fraction of sp³-hybridized carbons (Fsp3) is 0.182. The van der Waals surface area contributed by atoms with Gasteiger partial charge in [0.05, 0.1) is 5.00 Å². The second-order valence-electron chi connectivity index (χ2n) is 3.66. The maximum absolute atomic E-state index is 11.0. The second kappa shape index (κ2) is 5.03. The number of carboxylic acids is 1. The minimum absolute atomic E-state index is 0.0000261. The van der Waals surface area contributed by atoms with Crippen LogP contribution in [0, 0.1) is 6.92 Å². The van der Waals surface area contributed by atoms with Crippen molar-refractivity contribution in [1.29, 1.82) is 0 Å². The largest absolute Gasteiger partial charge is 0.477 e. The van der Waals surface area contributed by atoms with Crippen LogP contribution in [0.2, 0.25) is 0 Å². The number of carboxylic acid groups (broad SMARTS) is 1. The number of carbonyl (C=O) groups is 1. The van der Waals surface area contributed by atoms with Gasteiger partial charge in [-0.3, -0.25) is 0 Å². The van der Waals surface area contributed by atoms with Gasteiger partial charge in [0.2, 0.25) is 5.95 Å². The minimum Gasteiger partial charge on any atom is -0.477 e. The normalized spacial score (nSPS) is 10.4. The van der Waals surface area contributed by atoms with E-state index in [0.29, 0.717) is 11.6 Å². The predicted octanol–water partition coefficient (Wildman–Crippen LogP) is 3.08. The molecule has 0 aliphatic rings. The van der Waals surface area contributed by atoms with Gasteiger partial charge < -0.3 is 10.0 Å². The first kappa shape index (κ1) is 13.0. The molecule has 94 valence electrons. The first-order valence-corrected chi connectivity index (χ1v) is 6.71. The fourth-order valence-electron chi connectivity index (χ4n) is 1.39. The molecule has 7 heteroatoms. The van der Waals surface area contributed by atoms with Crippen molar-refractivity contribution in [1.82, 2.24) is 9.97 Å². The first-order chi connectivity index (χ1) is 8.47. The number of hydrogen-bond acceptors (Lipinski definition) is 5. The summed E-state index contributed by atoms with van der Waals surface area (Å²) in [5.74, 6) is -0.677. The average Bonchev–Trinajstić information content (AvgIpc) is 2.74. The highest BCUT2D eigenvalue weighted by Gasteiger charge is 2.14. The van der Waals surface area contributed by atoms with Crippen LogP contribution in [0.4, 0.5) is 10.9 Å². The zero-order chi connectivity index (χ0) is 13.3.